The maximum Gasteiger partial charge on any atom is 0.261 e. The minimum Gasteiger partial charge on any atom is -0.327 e. The molecule has 0 bridgehead atoms. The molecule has 0 aliphatic carbocycles. The predicted molar refractivity (Wildman–Crippen MR) is 115 cm³/mol. The summed E-state index contributed by atoms with van der Waals surface area (Å²) >= 11 is 0. The number of nitrogens with one attached hydrogen (secondary N) is 1. The number of aryl methyl sites for hydroxylation is 2. The Bertz CT molecular complexity index is 1030. The van der Waals surface area contributed by atoms with E-state index in [1.165, 1.54) is 5.56 Å². The second kappa shape index (κ2) is 8.44. The van der Waals surface area contributed by atoms with E-state index in [0.29, 0.717) is 5.69 Å². The Hall–Kier alpha value is -2.86. The molecule has 0 saturated heterocycles. The summed E-state index contributed by atoms with van der Waals surface area (Å²) in [7, 11) is -3.64. The highest BCUT2D eigenvalue weighted by Crippen LogP contribution is 2.25. The second-order valence-electron chi connectivity index (χ2n) is 6.59. The van der Waals surface area contributed by atoms with Crippen molar-refractivity contribution < 1.29 is 8.42 Å². The summed E-state index contributed by atoms with van der Waals surface area (Å²) in [5.74, 6) is 0.767. The van der Waals surface area contributed by atoms with Crippen molar-refractivity contribution >= 4 is 27.2 Å². The van der Waals surface area contributed by atoms with Crippen LogP contribution >= 0.6 is 0 Å². The molecule has 3 rings (SSSR count). The molecule has 28 heavy (non-hydrogen) atoms. The van der Waals surface area contributed by atoms with Gasteiger partial charge in [0.1, 0.15) is 5.82 Å². The molecule has 0 unspecified atom stereocenters. The van der Waals surface area contributed by atoms with Gasteiger partial charge in [-0.3, -0.25) is 4.72 Å². The molecule has 1 aromatic heterocycles. The van der Waals surface area contributed by atoms with Crippen LogP contribution in [0.2, 0.25) is 0 Å². The van der Waals surface area contributed by atoms with Crippen LogP contribution in [0, 0.1) is 6.92 Å². The van der Waals surface area contributed by atoms with Crippen molar-refractivity contribution in [2.45, 2.75) is 32.1 Å². The van der Waals surface area contributed by atoms with Gasteiger partial charge in [-0.1, -0.05) is 31.2 Å². The van der Waals surface area contributed by atoms with E-state index in [0.717, 1.165) is 30.0 Å². The van der Waals surface area contributed by atoms with Gasteiger partial charge in [0.05, 0.1) is 16.8 Å². The van der Waals surface area contributed by atoms with Crippen molar-refractivity contribution in [3.05, 3.63) is 78.0 Å². The standard InChI is InChI=1S/C22H25N3O2S/c1-4-18-9-12-21(13-10-18)28(26,27)24-19-11-14-22(23-16-19)25(5-2)20-8-6-7-17(3)15-20/h6-16,24H,4-5H2,1-3H3. The van der Waals surface area contributed by atoms with Crippen molar-refractivity contribution in [3.63, 3.8) is 0 Å². The molecule has 0 fully saturated rings. The van der Waals surface area contributed by atoms with Gasteiger partial charge in [-0.05, 0) is 67.8 Å². The van der Waals surface area contributed by atoms with Crippen molar-refractivity contribution in [1.29, 1.82) is 0 Å². The predicted octanol–water partition coefficient (Wildman–Crippen LogP) is 4.91. The van der Waals surface area contributed by atoms with Crippen molar-refractivity contribution in [1.82, 2.24) is 4.98 Å². The highest BCUT2D eigenvalue weighted by atomic mass is 32.2. The summed E-state index contributed by atoms with van der Waals surface area (Å²) in [4.78, 5) is 6.78. The fourth-order valence-electron chi connectivity index (χ4n) is 3.00. The number of sulfonamides is 1. The van der Waals surface area contributed by atoms with E-state index < -0.39 is 10.0 Å². The summed E-state index contributed by atoms with van der Waals surface area (Å²) < 4.78 is 27.8. The lowest BCUT2D eigenvalue weighted by atomic mass is 10.2. The Labute approximate surface area is 167 Å². The molecule has 0 radical (unpaired) electrons. The topological polar surface area (TPSA) is 62.3 Å². The van der Waals surface area contributed by atoms with Crippen LogP contribution in [0.25, 0.3) is 0 Å². The normalized spacial score (nSPS) is 11.2. The van der Waals surface area contributed by atoms with Crippen LogP contribution in [0.4, 0.5) is 17.2 Å². The van der Waals surface area contributed by atoms with E-state index in [-0.39, 0.29) is 4.90 Å². The molecule has 6 heteroatoms. The molecule has 0 saturated carbocycles. The molecule has 1 heterocycles. The van der Waals surface area contributed by atoms with E-state index in [2.05, 4.69) is 40.6 Å². The van der Waals surface area contributed by atoms with Crippen molar-refractivity contribution in [3.8, 4) is 0 Å². The molecule has 3 aromatic rings. The van der Waals surface area contributed by atoms with Crippen LogP contribution in [0.5, 0.6) is 0 Å². The fourth-order valence-corrected chi connectivity index (χ4v) is 4.04. The Morgan fingerprint density at radius 3 is 2.32 bits per heavy atom. The monoisotopic (exact) mass is 395 g/mol. The molecule has 2 aromatic carbocycles. The van der Waals surface area contributed by atoms with Crippen LogP contribution in [0.15, 0.2) is 71.8 Å². The average Bonchev–Trinajstić information content (AvgIpc) is 2.70. The smallest absolute Gasteiger partial charge is 0.261 e. The van der Waals surface area contributed by atoms with Crippen LogP contribution in [-0.4, -0.2) is 19.9 Å². The lowest BCUT2D eigenvalue weighted by Gasteiger charge is -2.22. The Kier molecular flexibility index (Phi) is 5.99. The van der Waals surface area contributed by atoms with Gasteiger partial charge in [-0.25, -0.2) is 13.4 Å². The maximum absolute atomic E-state index is 12.6. The molecule has 0 aliphatic rings. The lowest BCUT2D eigenvalue weighted by molar-refractivity contribution is 0.601. The summed E-state index contributed by atoms with van der Waals surface area (Å²) in [6.07, 6.45) is 2.42. The number of aromatic nitrogens is 1. The first-order chi connectivity index (χ1) is 13.4. The van der Waals surface area contributed by atoms with E-state index in [1.54, 1.807) is 24.4 Å². The lowest BCUT2D eigenvalue weighted by Crippen LogP contribution is -2.18. The number of rotatable bonds is 7. The van der Waals surface area contributed by atoms with E-state index in [9.17, 15) is 8.42 Å². The molecule has 5 nitrogen and oxygen atoms in total. The first-order valence-corrected chi connectivity index (χ1v) is 10.8. The largest absolute Gasteiger partial charge is 0.327 e. The van der Waals surface area contributed by atoms with Gasteiger partial charge >= 0.3 is 0 Å². The highest BCUT2D eigenvalue weighted by molar-refractivity contribution is 7.92. The minimum atomic E-state index is -3.64. The molecular formula is C22H25N3O2S. The van der Waals surface area contributed by atoms with Crippen molar-refractivity contribution in [2.24, 2.45) is 0 Å². The second-order valence-corrected chi connectivity index (χ2v) is 8.27. The van der Waals surface area contributed by atoms with E-state index in [1.807, 2.05) is 37.3 Å². The van der Waals surface area contributed by atoms with Gasteiger partial charge in [0, 0.05) is 12.2 Å². The van der Waals surface area contributed by atoms with Crippen LogP contribution < -0.4 is 9.62 Å². The van der Waals surface area contributed by atoms with Gasteiger partial charge in [-0.15, -0.1) is 0 Å². The number of benzene rings is 2. The molecule has 146 valence electrons. The van der Waals surface area contributed by atoms with Crippen LogP contribution in [0.3, 0.4) is 0 Å². The molecule has 1 N–H and O–H groups in total. The quantitative estimate of drug-likeness (QED) is 0.617. The maximum atomic E-state index is 12.6. The zero-order valence-corrected chi connectivity index (χ0v) is 17.2. The summed E-state index contributed by atoms with van der Waals surface area (Å²) in [5.41, 5.74) is 3.76. The van der Waals surface area contributed by atoms with Crippen molar-refractivity contribution in [2.75, 3.05) is 16.2 Å². The fraction of sp³-hybridized carbons (Fsp3) is 0.227. The molecule has 0 spiro atoms. The van der Waals surface area contributed by atoms with E-state index >= 15 is 0 Å². The molecule has 0 atom stereocenters. The van der Waals surface area contributed by atoms with Gasteiger partial charge in [0.25, 0.3) is 10.0 Å². The van der Waals surface area contributed by atoms with E-state index in [4.69, 9.17) is 0 Å². The third kappa shape index (κ3) is 4.51. The number of nitrogens with zero attached hydrogens (tertiary/aromatic N) is 2. The Morgan fingerprint density at radius 2 is 1.75 bits per heavy atom. The first-order valence-electron chi connectivity index (χ1n) is 9.35. The van der Waals surface area contributed by atoms with Crippen LogP contribution in [0.1, 0.15) is 25.0 Å². The van der Waals surface area contributed by atoms with Gasteiger partial charge in [0.15, 0.2) is 0 Å². The average molecular weight is 396 g/mol. The third-order valence-corrected chi connectivity index (χ3v) is 5.95. The highest BCUT2D eigenvalue weighted by Gasteiger charge is 2.15. The summed E-state index contributed by atoms with van der Waals surface area (Å²) in [6, 6.07) is 18.7. The number of pyridine rings is 1. The molecule has 0 amide bonds. The third-order valence-electron chi connectivity index (χ3n) is 4.55. The summed E-state index contributed by atoms with van der Waals surface area (Å²) in [6.45, 7) is 6.90. The minimum absolute atomic E-state index is 0.240. The first kappa shape index (κ1) is 19.9. The zero-order valence-electron chi connectivity index (χ0n) is 16.4. The molecule has 0 aliphatic heterocycles. The number of hydrogen-bond donors (Lipinski definition) is 1. The number of anilines is 3. The molecular weight excluding hydrogens is 370 g/mol. The van der Waals surface area contributed by atoms with Crippen LogP contribution in [-0.2, 0) is 16.4 Å². The SMILES string of the molecule is CCc1ccc(S(=O)(=O)Nc2ccc(N(CC)c3cccc(C)c3)nc2)cc1. The van der Waals surface area contributed by atoms with Gasteiger partial charge in [0.2, 0.25) is 0 Å². The Balaban J connectivity index is 1.79. The summed E-state index contributed by atoms with van der Waals surface area (Å²) in [5, 5.41) is 0. The van der Waals surface area contributed by atoms with Gasteiger partial charge < -0.3 is 4.90 Å². The Morgan fingerprint density at radius 1 is 1.00 bits per heavy atom. The van der Waals surface area contributed by atoms with Gasteiger partial charge in [-0.2, -0.15) is 0 Å². The number of hydrogen-bond acceptors (Lipinski definition) is 4. The zero-order chi connectivity index (χ0) is 20.1.